The number of likely N-dealkylation sites (N-methyl/N-ethyl adjacent to an activating group) is 1. The number of aliphatic hydroxyl groups excluding tert-OH is 1. The average Bonchev–Trinajstić information content (AvgIpc) is 3.12. The summed E-state index contributed by atoms with van der Waals surface area (Å²) in [5, 5.41) is 13.7. The summed E-state index contributed by atoms with van der Waals surface area (Å²) in [6.45, 7) is 4.55. The van der Waals surface area contributed by atoms with Crippen LogP contribution in [0.5, 0.6) is 0 Å². The number of phosphoric acid groups is 1. The number of carbonyl (C=O) groups excluding carboxylic acids is 1. The lowest BCUT2D eigenvalue weighted by Gasteiger charge is -2.29. The lowest BCUT2D eigenvalue weighted by atomic mass is 10.1. The second-order valence-electron chi connectivity index (χ2n) is 15.7. The van der Waals surface area contributed by atoms with Crippen molar-refractivity contribution in [1.29, 1.82) is 0 Å². The van der Waals surface area contributed by atoms with E-state index in [0.29, 0.717) is 17.4 Å². The number of hydrogen-bond donors (Lipinski definition) is 2. The molecule has 0 saturated carbocycles. The van der Waals surface area contributed by atoms with E-state index in [1.54, 1.807) is 6.08 Å². The number of unbranched alkanes of at least 4 members (excludes halogenated alkanes) is 17. The predicted octanol–water partition coefficient (Wildman–Crippen LogP) is 11.2. The molecule has 0 aromatic rings. The highest BCUT2D eigenvalue weighted by Gasteiger charge is 2.23. The molecule has 2 N–H and O–H groups in total. The van der Waals surface area contributed by atoms with Crippen LogP contribution in [-0.2, 0) is 18.4 Å². The zero-order valence-corrected chi connectivity index (χ0v) is 36.3. The lowest BCUT2D eigenvalue weighted by molar-refractivity contribution is -0.870. The fraction of sp³-hybridized carbons (Fsp3) is 0.756. The van der Waals surface area contributed by atoms with Gasteiger partial charge in [-0.3, -0.25) is 9.36 Å². The number of quaternary nitrogens is 1. The van der Waals surface area contributed by atoms with Gasteiger partial charge in [-0.2, -0.15) is 0 Å². The van der Waals surface area contributed by atoms with Crippen LogP contribution in [0.2, 0.25) is 0 Å². The van der Waals surface area contributed by atoms with E-state index in [1.165, 1.54) is 77.0 Å². The number of hydrogen-bond acceptors (Lipinski definition) is 6. The Hall–Kier alpha value is -1.80. The topological polar surface area (TPSA) is 108 Å². The highest BCUT2D eigenvalue weighted by molar-refractivity contribution is 7.45. The van der Waals surface area contributed by atoms with Crippen molar-refractivity contribution < 1.29 is 32.9 Å². The minimum atomic E-state index is -4.60. The Kier molecular flexibility index (Phi) is 35.6. The first kappa shape index (κ1) is 52.2. The van der Waals surface area contributed by atoms with Gasteiger partial charge in [0.05, 0.1) is 39.9 Å². The maximum atomic E-state index is 12.8. The van der Waals surface area contributed by atoms with E-state index in [0.717, 1.165) is 70.6 Å². The number of carbonyl (C=O) groups is 1. The maximum Gasteiger partial charge on any atom is 0.268 e. The van der Waals surface area contributed by atoms with Gasteiger partial charge in [0.2, 0.25) is 5.91 Å². The third-order valence-corrected chi connectivity index (χ3v) is 10.1. The molecule has 0 spiro atoms. The zero-order valence-electron chi connectivity index (χ0n) is 35.4. The SMILES string of the molecule is CCCCCC/C=C\C/C=C\CCCCCCCC(=O)NC(COP(=O)([O-])OCC[N+](C)(C)C)C(O)/C=C/CC/C=C/CC/C=C/CCCCCCCC. The molecule has 0 fully saturated rings. The summed E-state index contributed by atoms with van der Waals surface area (Å²) >= 11 is 0. The van der Waals surface area contributed by atoms with Crippen molar-refractivity contribution in [3.8, 4) is 0 Å². The standard InChI is InChI=1S/C45H83N2O6P/c1-6-8-10-12-14-16-18-20-22-24-26-28-30-32-34-36-38-44(48)43(42-53-54(50,51)52-41-40-47(3,4)5)46-45(49)39-37-35-33-31-29-27-25-23-21-19-17-15-13-11-9-7-2/h17,19-20,22-23,25,28,30,36,38,43-44,48H,6-16,18,21,24,26-27,29,31-35,37,39-42H2,1-5H3,(H-,46,49,50,51)/b19-17-,22-20+,25-23-,30-28+,38-36+. The molecule has 3 unspecified atom stereocenters. The van der Waals surface area contributed by atoms with Crippen LogP contribution in [0.25, 0.3) is 0 Å². The normalized spacial score (nSPS) is 15.0. The molecule has 9 heteroatoms. The van der Waals surface area contributed by atoms with Crippen LogP contribution in [0.1, 0.15) is 168 Å². The molecule has 0 aliphatic heterocycles. The van der Waals surface area contributed by atoms with Crippen LogP contribution in [0.3, 0.4) is 0 Å². The second-order valence-corrected chi connectivity index (χ2v) is 17.1. The fourth-order valence-corrected chi connectivity index (χ4v) is 6.41. The number of rotatable bonds is 38. The monoisotopic (exact) mass is 779 g/mol. The van der Waals surface area contributed by atoms with Crippen molar-refractivity contribution >= 4 is 13.7 Å². The van der Waals surface area contributed by atoms with Gasteiger partial charge in [-0.15, -0.1) is 0 Å². The van der Waals surface area contributed by atoms with Crippen LogP contribution < -0.4 is 10.2 Å². The van der Waals surface area contributed by atoms with Gasteiger partial charge in [-0.1, -0.05) is 145 Å². The summed E-state index contributed by atoms with van der Waals surface area (Å²) in [7, 11) is 1.21. The summed E-state index contributed by atoms with van der Waals surface area (Å²) in [5.41, 5.74) is 0. The Bertz CT molecular complexity index is 1060. The molecule has 0 aromatic carbocycles. The minimum absolute atomic E-state index is 0.0142. The number of aliphatic hydroxyl groups is 1. The quantitative estimate of drug-likeness (QED) is 0.0280. The molecule has 0 heterocycles. The highest BCUT2D eigenvalue weighted by Crippen LogP contribution is 2.38. The summed E-state index contributed by atoms with van der Waals surface area (Å²) in [5.74, 6) is -0.229. The molecule has 0 radical (unpaired) electrons. The van der Waals surface area contributed by atoms with E-state index in [4.69, 9.17) is 9.05 Å². The molecular weight excluding hydrogens is 695 g/mol. The molecule has 0 bridgehead atoms. The molecule has 1 amide bonds. The molecule has 0 aromatic heterocycles. The van der Waals surface area contributed by atoms with Gasteiger partial charge in [0.25, 0.3) is 7.82 Å². The first-order chi connectivity index (χ1) is 26.0. The first-order valence-electron chi connectivity index (χ1n) is 21.7. The summed E-state index contributed by atoms with van der Waals surface area (Å²) in [6, 6.07) is -0.917. The molecular formula is C45H83N2O6P. The van der Waals surface area contributed by atoms with Crippen molar-refractivity contribution in [2.24, 2.45) is 0 Å². The minimum Gasteiger partial charge on any atom is -0.756 e. The van der Waals surface area contributed by atoms with E-state index < -0.39 is 26.6 Å². The average molecular weight is 779 g/mol. The Balaban J connectivity index is 4.58. The van der Waals surface area contributed by atoms with E-state index in [1.807, 2.05) is 27.2 Å². The van der Waals surface area contributed by atoms with Crippen molar-refractivity contribution in [1.82, 2.24) is 5.32 Å². The molecule has 0 rings (SSSR count). The molecule has 54 heavy (non-hydrogen) atoms. The number of amides is 1. The van der Waals surface area contributed by atoms with Crippen LogP contribution in [0.4, 0.5) is 0 Å². The summed E-state index contributed by atoms with van der Waals surface area (Å²) < 4.78 is 23.1. The van der Waals surface area contributed by atoms with Crippen LogP contribution in [0.15, 0.2) is 60.8 Å². The summed E-state index contributed by atoms with van der Waals surface area (Å²) in [4.78, 5) is 25.3. The van der Waals surface area contributed by atoms with E-state index >= 15 is 0 Å². The van der Waals surface area contributed by atoms with E-state index in [2.05, 4.69) is 67.8 Å². The van der Waals surface area contributed by atoms with E-state index in [-0.39, 0.29) is 12.5 Å². The van der Waals surface area contributed by atoms with Crippen molar-refractivity contribution in [2.75, 3.05) is 40.9 Å². The van der Waals surface area contributed by atoms with Crippen LogP contribution in [0, 0.1) is 0 Å². The Labute approximate surface area is 332 Å². The Morgan fingerprint density at radius 2 is 1.09 bits per heavy atom. The third-order valence-electron chi connectivity index (χ3n) is 9.18. The molecule has 8 nitrogen and oxygen atoms in total. The highest BCUT2D eigenvalue weighted by atomic mass is 31.2. The third kappa shape index (κ3) is 38.5. The predicted molar refractivity (Wildman–Crippen MR) is 228 cm³/mol. The van der Waals surface area contributed by atoms with Crippen LogP contribution >= 0.6 is 7.82 Å². The second kappa shape index (κ2) is 36.8. The number of phosphoric ester groups is 1. The van der Waals surface area contributed by atoms with Crippen LogP contribution in [-0.4, -0.2) is 68.5 Å². The van der Waals surface area contributed by atoms with Crippen molar-refractivity contribution in [2.45, 2.75) is 180 Å². The van der Waals surface area contributed by atoms with Gasteiger partial charge in [-0.05, 0) is 77.0 Å². The molecule has 0 aliphatic rings. The van der Waals surface area contributed by atoms with Crippen molar-refractivity contribution in [3.05, 3.63) is 60.8 Å². The van der Waals surface area contributed by atoms with Gasteiger partial charge in [-0.25, -0.2) is 0 Å². The van der Waals surface area contributed by atoms with E-state index in [9.17, 15) is 19.4 Å². The van der Waals surface area contributed by atoms with Gasteiger partial charge in [0.15, 0.2) is 0 Å². The number of allylic oxidation sites excluding steroid dienone is 9. The lowest BCUT2D eigenvalue weighted by Crippen LogP contribution is -2.45. The fourth-order valence-electron chi connectivity index (χ4n) is 5.68. The Morgan fingerprint density at radius 1 is 0.648 bits per heavy atom. The molecule has 0 saturated heterocycles. The molecule has 3 atom stereocenters. The zero-order chi connectivity index (χ0) is 40.0. The summed E-state index contributed by atoms with van der Waals surface area (Å²) in [6.07, 6.45) is 46.9. The van der Waals surface area contributed by atoms with Gasteiger partial charge >= 0.3 is 0 Å². The first-order valence-corrected chi connectivity index (χ1v) is 23.1. The largest absolute Gasteiger partial charge is 0.756 e. The van der Waals surface area contributed by atoms with Crippen molar-refractivity contribution in [3.63, 3.8) is 0 Å². The van der Waals surface area contributed by atoms with Gasteiger partial charge < -0.3 is 28.8 Å². The molecule has 0 aliphatic carbocycles. The number of nitrogens with zero attached hydrogens (tertiary/aromatic N) is 1. The maximum absolute atomic E-state index is 12.8. The number of nitrogens with one attached hydrogen (secondary N) is 1. The molecule has 314 valence electrons. The van der Waals surface area contributed by atoms with Gasteiger partial charge in [0, 0.05) is 6.42 Å². The Morgan fingerprint density at radius 3 is 1.63 bits per heavy atom. The smallest absolute Gasteiger partial charge is 0.268 e. The van der Waals surface area contributed by atoms with Gasteiger partial charge in [0.1, 0.15) is 13.2 Å².